The number of nitrogens with one attached hydrogen (secondary N) is 2. The number of aromatic nitrogens is 2. The molecule has 0 bridgehead atoms. The Bertz CT molecular complexity index is 692. The zero-order valence-electron chi connectivity index (χ0n) is 12.8. The minimum Gasteiger partial charge on any atom is -0.376 e. The summed E-state index contributed by atoms with van der Waals surface area (Å²) < 4.78 is 18.8. The van der Waals surface area contributed by atoms with E-state index in [1.807, 2.05) is 13.0 Å². The molecule has 2 heterocycles. The van der Waals surface area contributed by atoms with Crippen molar-refractivity contribution in [2.45, 2.75) is 25.9 Å². The zero-order chi connectivity index (χ0) is 16.2. The van der Waals surface area contributed by atoms with Crippen molar-refractivity contribution in [1.29, 1.82) is 0 Å². The Morgan fingerprint density at radius 1 is 1.35 bits per heavy atom. The minimum atomic E-state index is -0.449. The molecule has 1 aliphatic rings. The Hall–Kier alpha value is -1.92. The lowest BCUT2D eigenvalue weighted by Gasteiger charge is -2.13. The first kappa shape index (κ1) is 16.0. The number of nitrogens with zero attached hydrogens (tertiary/aromatic N) is 2. The van der Waals surface area contributed by atoms with Crippen LogP contribution in [0.2, 0.25) is 5.02 Å². The molecule has 0 amide bonds. The van der Waals surface area contributed by atoms with Gasteiger partial charge in [0.15, 0.2) is 0 Å². The van der Waals surface area contributed by atoms with Gasteiger partial charge in [-0.25, -0.2) is 9.37 Å². The molecule has 1 atom stereocenters. The molecule has 0 radical (unpaired) electrons. The topological polar surface area (TPSA) is 59.1 Å². The second-order valence-corrected chi connectivity index (χ2v) is 5.90. The van der Waals surface area contributed by atoms with Crippen LogP contribution < -0.4 is 10.6 Å². The number of hydrogen-bond donors (Lipinski definition) is 2. The van der Waals surface area contributed by atoms with E-state index in [0.29, 0.717) is 24.0 Å². The number of aryl methyl sites for hydroxylation is 1. The highest BCUT2D eigenvalue weighted by atomic mass is 35.5. The molecular weight excluding hydrogens is 319 g/mol. The lowest BCUT2D eigenvalue weighted by Crippen LogP contribution is -2.20. The number of benzene rings is 1. The van der Waals surface area contributed by atoms with Crippen LogP contribution in [0.25, 0.3) is 0 Å². The molecule has 7 heteroatoms. The molecule has 1 aromatic carbocycles. The summed E-state index contributed by atoms with van der Waals surface area (Å²) in [6, 6.07) is 6.26. The van der Waals surface area contributed by atoms with Crippen LogP contribution in [0.1, 0.15) is 18.5 Å². The number of halogens is 2. The van der Waals surface area contributed by atoms with Gasteiger partial charge in [-0.15, -0.1) is 0 Å². The second-order valence-electron chi connectivity index (χ2n) is 5.49. The molecule has 0 spiro atoms. The predicted octanol–water partition coefficient (Wildman–Crippen LogP) is 3.91. The van der Waals surface area contributed by atoms with Crippen molar-refractivity contribution in [1.82, 2.24) is 9.97 Å². The number of anilines is 3. The molecule has 122 valence electrons. The minimum absolute atomic E-state index is 0.0671. The van der Waals surface area contributed by atoms with Gasteiger partial charge in [0.2, 0.25) is 5.95 Å². The van der Waals surface area contributed by atoms with Gasteiger partial charge in [0, 0.05) is 30.6 Å². The van der Waals surface area contributed by atoms with Crippen LogP contribution in [-0.2, 0) is 4.74 Å². The lowest BCUT2D eigenvalue weighted by molar-refractivity contribution is 0.120. The third-order valence-corrected chi connectivity index (χ3v) is 3.85. The molecular formula is C16H18ClFN4O. The molecule has 5 nitrogen and oxygen atoms in total. The quantitative estimate of drug-likeness (QED) is 0.866. The molecule has 3 rings (SSSR count). The largest absolute Gasteiger partial charge is 0.376 e. The third-order valence-electron chi connectivity index (χ3n) is 3.56. The van der Waals surface area contributed by atoms with Crippen LogP contribution in [0.4, 0.5) is 21.8 Å². The van der Waals surface area contributed by atoms with Gasteiger partial charge in [0.05, 0.1) is 11.1 Å². The van der Waals surface area contributed by atoms with E-state index in [0.717, 1.165) is 25.1 Å². The van der Waals surface area contributed by atoms with E-state index in [1.54, 1.807) is 6.07 Å². The first-order valence-corrected chi connectivity index (χ1v) is 7.91. The SMILES string of the molecule is Cc1cc(Nc2ccc(F)c(Cl)c2)nc(NCC2CCCO2)n1. The molecule has 2 aromatic rings. The fourth-order valence-corrected chi connectivity index (χ4v) is 2.62. The van der Waals surface area contributed by atoms with E-state index < -0.39 is 5.82 Å². The van der Waals surface area contributed by atoms with Gasteiger partial charge in [0.1, 0.15) is 11.6 Å². The summed E-state index contributed by atoms with van der Waals surface area (Å²) in [6.45, 7) is 3.40. The van der Waals surface area contributed by atoms with Crippen molar-refractivity contribution >= 4 is 29.1 Å². The summed E-state index contributed by atoms with van der Waals surface area (Å²) in [6.07, 6.45) is 2.36. The molecule has 1 aromatic heterocycles. The van der Waals surface area contributed by atoms with Crippen LogP contribution >= 0.6 is 11.6 Å². The fraction of sp³-hybridized carbons (Fsp3) is 0.375. The van der Waals surface area contributed by atoms with E-state index in [1.165, 1.54) is 12.1 Å². The van der Waals surface area contributed by atoms with Crippen molar-refractivity contribution in [3.8, 4) is 0 Å². The van der Waals surface area contributed by atoms with Gasteiger partial charge < -0.3 is 15.4 Å². The van der Waals surface area contributed by atoms with Gasteiger partial charge in [-0.2, -0.15) is 4.98 Å². The maximum atomic E-state index is 13.2. The average Bonchev–Trinajstić information content (AvgIpc) is 3.02. The molecule has 0 saturated carbocycles. The summed E-state index contributed by atoms with van der Waals surface area (Å²) in [5.41, 5.74) is 1.49. The van der Waals surface area contributed by atoms with Crippen LogP contribution in [0.15, 0.2) is 24.3 Å². The summed E-state index contributed by atoms with van der Waals surface area (Å²) in [5.74, 6) is 0.709. The van der Waals surface area contributed by atoms with Crippen molar-refractivity contribution in [2.75, 3.05) is 23.8 Å². The monoisotopic (exact) mass is 336 g/mol. The van der Waals surface area contributed by atoms with Crippen LogP contribution in [0.3, 0.4) is 0 Å². The Kier molecular flexibility index (Phi) is 4.93. The van der Waals surface area contributed by atoms with Crippen molar-refractivity contribution < 1.29 is 9.13 Å². The van der Waals surface area contributed by atoms with Gasteiger partial charge in [0.25, 0.3) is 0 Å². The van der Waals surface area contributed by atoms with E-state index in [-0.39, 0.29) is 11.1 Å². The Balaban J connectivity index is 1.70. The molecule has 0 aliphatic carbocycles. The van der Waals surface area contributed by atoms with E-state index in [2.05, 4.69) is 20.6 Å². The number of ether oxygens (including phenoxy) is 1. The van der Waals surface area contributed by atoms with E-state index in [4.69, 9.17) is 16.3 Å². The maximum absolute atomic E-state index is 13.2. The number of rotatable bonds is 5. The van der Waals surface area contributed by atoms with Crippen LogP contribution in [0, 0.1) is 12.7 Å². The van der Waals surface area contributed by atoms with Gasteiger partial charge in [-0.05, 0) is 38.0 Å². The third kappa shape index (κ3) is 4.30. The molecule has 1 fully saturated rings. The smallest absolute Gasteiger partial charge is 0.224 e. The highest BCUT2D eigenvalue weighted by Crippen LogP contribution is 2.23. The number of hydrogen-bond acceptors (Lipinski definition) is 5. The van der Waals surface area contributed by atoms with Crippen LogP contribution in [0.5, 0.6) is 0 Å². The lowest BCUT2D eigenvalue weighted by atomic mass is 10.2. The van der Waals surface area contributed by atoms with Gasteiger partial charge in [-0.3, -0.25) is 0 Å². The fourth-order valence-electron chi connectivity index (χ4n) is 2.44. The molecule has 1 aliphatic heterocycles. The average molecular weight is 337 g/mol. The van der Waals surface area contributed by atoms with Crippen molar-refractivity contribution in [3.05, 3.63) is 40.8 Å². The zero-order valence-corrected chi connectivity index (χ0v) is 13.5. The van der Waals surface area contributed by atoms with Gasteiger partial charge >= 0.3 is 0 Å². The maximum Gasteiger partial charge on any atom is 0.224 e. The van der Waals surface area contributed by atoms with Crippen LogP contribution in [-0.4, -0.2) is 29.2 Å². The first-order valence-electron chi connectivity index (χ1n) is 7.53. The Labute approximate surface area is 139 Å². The summed E-state index contributed by atoms with van der Waals surface area (Å²) >= 11 is 5.79. The Morgan fingerprint density at radius 2 is 2.22 bits per heavy atom. The molecule has 2 N–H and O–H groups in total. The Morgan fingerprint density at radius 3 is 2.96 bits per heavy atom. The predicted molar refractivity (Wildman–Crippen MR) is 88.9 cm³/mol. The van der Waals surface area contributed by atoms with E-state index in [9.17, 15) is 4.39 Å². The first-order chi connectivity index (χ1) is 11.1. The summed E-state index contributed by atoms with van der Waals surface area (Å²) in [7, 11) is 0. The highest BCUT2D eigenvalue weighted by molar-refractivity contribution is 6.31. The highest BCUT2D eigenvalue weighted by Gasteiger charge is 2.15. The van der Waals surface area contributed by atoms with Crippen molar-refractivity contribution in [3.63, 3.8) is 0 Å². The van der Waals surface area contributed by atoms with E-state index >= 15 is 0 Å². The molecule has 1 unspecified atom stereocenters. The molecule has 1 saturated heterocycles. The summed E-state index contributed by atoms with van der Waals surface area (Å²) in [4.78, 5) is 8.78. The van der Waals surface area contributed by atoms with Gasteiger partial charge in [-0.1, -0.05) is 11.6 Å². The summed E-state index contributed by atoms with van der Waals surface area (Å²) in [5, 5.41) is 6.38. The van der Waals surface area contributed by atoms with Crippen molar-refractivity contribution in [2.24, 2.45) is 0 Å². The second kappa shape index (κ2) is 7.10. The standard InChI is InChI=1S/C16H18ClFN4O/c1-10-7-15(21-11-4-5-14(18)13(17)8-11)22-16(20-10)19-9-12-3-2-6-23-12/h4-5,7-8,12H,2-3,6,9H2,1H3,(H2,19,20,21,22). The molecule has 23 heavy (non-hydrogen) atoms. The normalized spacial score (nSPS) is 17.3.